The fourth-order valence-corrected chi connectivity index (χ4v) is 2.14. The van der Waals surface area contributed by atoms with E-state index in [1.807, 2.05) is 0 Å². The van der Waals surface area contributed by atoms with Gasteiger partial charge in [-0.1, -0.05) is 26.0 Å². The Hall–Kier alpha value is -0.780. The molecule has 2 aliphatic rings. The van der Waals surface area contributed by atoms with E-state index >= 15 is 0 Å². The second kappa shape index (κ2) is 1.16. The Kier molecular flexibility index (Phi) is 0.574. The van der Waals surface area contributed by atoms with Gasteiger partial charge in [0.15, 0.2) is 0 Å². The van der Waals surface area contributed by atoms with Gasteiger partial charge >= 0.3 is 0 Å². The van der Waals surface area contributed by atoms with Crippen LogP contribution in [0.15, 0.2) is 12.1 Å². The first-order chi connectivity index (χ1) is 4.80. The van der Waals surface area contributed by atoms with Crippen LogP contribution in [0.3, 0.4) is 0 Å². The highest BCUT2D eigenvalue weighted by Gasteiger charge is 2.41. The van der Waals surface area contributed by atoms with Crippen LogP contribution < -0.4 is 0 Å². The molecule has 2 atom stereocenters. The zero-order valence-electron chi connectivity index (χ0n) is 6.31. The van der Waals surface area contributed by atoms with Crippen molar-refractivity contribution in [3.8, 4) is 0 Å². The molecule has 0 spiro atoms. The van der Waals surface area contributed by atoms with Crippen LogP contribution in [0.1, 0.15) is 47.9 Å². The normalized spacial score (nSPS) is 31.0. The van der Waals surface area contributed by atoms with Crippen molar-refractivity contribution < 1.29 is 0 Å². The zero-order valence-corrected chi connectivity index (χ0v) is 6.31. The summed E-state index contributed by atoms with van der Waals surface area (Å²) in [5.74, 6) is 1.60. The van der Waals surface area contributed by atoms with Crippen molar-refractivity contribution >= 4 is 0 Å². The molecule has 1 aromatic carbocycles. The molecule has 3 rings (SSSR count). The molecule has 0 saturated heterocycles. The second-order valence-corrected chi connectivity index (χ2v) is 3.51. The highest BCUT2D eigenvalue weighted by atomic mass is 14.5. The zero-order chi connectivity index (χ0) is 6.88. The van der Waals surface area contributed by atoms with E-state index in [9.17, 15) is 0 Å². The summed E-state index contributed by atoms with van der Waals surface area (Å²) in [6, 6.07) is 4.59. The Balaban J connectivity index is 2.29. The van der Waals surface area contributed by atoms with Gasteiger partial charge in [-0.25, -0.2) is 0 Å². The van der Waals surface area contributed by atoms with Crippen molar-refractivity contribution in [2.75, 3.05) is 0 Å². The van der Waals surface area contributed by atoms with Gasteiger partial charge in [-0.05, 0) is 22.3 Å². The Labute approximate surface area is 60.9 Å². The molecule has 0 fully saturated rings. The second-order valence-electron chi connectivity index (χ2n) is 3.51. The number of rotatable bonds is 0. The molecule has 50 valence electrons. The number of hydrogen-bond donors (Lipinski definition) is 0. The highest BCUT2D eigenvalue weighted by Crippen LogP contribution is 2.57. The maximum absolute atomic E-state index is 2.30. The highest BCUT2D eigenvalue weighted by molar-refractivity contribution is 5.69. The van der Waals surface area contributed by atoms with Gasteiger partial charge in [0, 0.05) is 11.8 Å². The Morgan fingerprint density at radius 2 is 1.30 bits per heavy atom. The molecule has 0 bridgehead atoms. The average molecular weight is 130 g/mol. The van der Waals surface area contributed by atoms with Crippen LogP contribution in [0, 0.1) is 0 Å². The summed E-state index contributed by atoms with van der Waals surface area (Å²) in [7, 11) is 0. The molecule has 0 heteroatoms. The predicted molar refractivity (Wildman–Crippen MR) is 41.5 cm³/mol. The molecular weight excluding hydrogens is 120 g/mol. The summed E-state index contributed by atoms with van der Waals surface area (Å²) >= 11 is 0. The van der Waals surface area contributed by atoms with E-state index in [-0.39, 0.29) is 0 Å². The van der Waals surface area contributed by atoms with Crippen LogP contribution in [-0.4, -0.2) is 0 Å². The van der Waals surface area contributed by atoms with Gasteiger partial charge in [-0.2, -0.15) is 0 Å². The Morgan fingerprint density at radius 3 is 1.70 bits per heavy atom. The largest absolute Gasteiger partial charge is 0.0578 e. The summed E-state index contributed by atoms with van der Waals surface area (Å²) in [5.41, 5.74) is 6.54. The first-order valence-corrected chi connectivity index (χ1v) is 3.97. The smallest absolute Gasteiger partial charge is 0.00700 e. The minimum atomic E-state index is 0.800. The first-order valence-electron chi connectivity index (χ1n) is 3.97. The lowest BCUT2D eigenvalue weighted by Gasteiger charge is -1.74. The maximum Gasteiger partial charge on any atom is 0.00700 e. The van der Waals surface area contributed by atoms with E-state index in [0.29, 0.717) is 0 Å². The SMILES string of the molecule is CC1c2ccc3c(c21)C3C. The van der Waals surface area contributed by atoms with E-state index in [4.69, 9.17) is 0 Å². The van der Waals surface area contributed by atoms with Gasteiger partial charge in [-0.15, -0.1) is 0 Å². The van der Waals surface area contributed by atoms with Gasteiger partial charge in [0.25, 0.3) is 0 Å². The van der Waals surface area contributed by atoms with Crippen molar-refractivity contribution in [1.29, 1.82) is 0 Å². The lowest BCUT2D eigenvalue weighted by molar-refractivity contribution is 1.09. The lowest BCUT2D eigenvalue weighted by atomic mass is 10.3. The summed E-state index contributed by atoms with van der Waals surface area (Å²) in [4.78, 5) is 0. The van der Waals surface area contributed by atoms with Crippen LogP contribution in [0.2, 0.25) is 0 Å². The first kappa shape index (κ1) is 4.95. The van der Waals surface area contributed by atoms with Crippen molar-refractivity contribution in [1.82, 2.24) is 0 Å². The molecule has 2 unspecified atom stereocenters. The van der Waals surface area contributed by atoms with Crippen LogP contribution in [0.5, 0.6) is 0 Å². The minimum absolute atomic E-state index is 0.800. The van der Waals surface area contributed by atoms with Crippen LogP contribution >= 0.6 is 0 Å². The molecule has 0 aromatic heterocycles. The third kappa shape index (κ3) is 0.351. The van der Waals surface area contributed by atoms with Crippen molar-refractivity contribution in [3.05, 3.63) is 34.4 Å². The van der Waals surface area contributed by atoms with Crippen molar-refractivity contribution in [2.45, 2.75) is 25.7 Å². The fraction of sp³-hybridized carbons (Fsp3) is 0.400. The van der Waals surface area contributed by atoms with Gasteiger partial charge in [0.05, 0.1) is 0 Å². The van der Waals surface area contributed by atoms with Crippen molar-refractivity contribution in [3.63, 3.8) is 0 Å². The summed E-state index contributed by atoms with van der Waals surface area (Å²) in [6.45, 7) is 4.60. The van der Waals surface area contributed by atoms with Gasteiger partial charge < -0.3 is 0 Å². The third-order valence-electron chi connectivity index (χ3n) is 2.99. The van der Waals surface area contributed by atoms with E-state index in [1.165, 1.54) is 0 Å². The maximum atomic E-state index is 2.30. The van der Waals surface area contributed by atoms with Gasteiger partial charge in [0.2, 0.25) is 0 Å². The molecule has 0 radical (unpaired) electrons. The quantitative estimate of drug-likeness (QED) is 0.506. The Bertz CT molecular complexity index is 290. The fourth-order valence-electron chi connectivity index (χ4n) is 2.14. The molecule has 0 aliphatic heterocycles. The van der Waals surface area contributed by atoms with E-state index < -0.39 is 0 Å². The number of fused-ring (bicyclic) bond motifs is 3. The Morgan fingerprint density at radius 1 is 0.900 bits per heavy atom. The minimum Gasteiger partial charge on any atom is -0.0578 e. The molecule has 0 nitrogen and oxygen atoms in total. The van der Waals surface area contributed by atoms with Gasteiger partial charge in [0.1, 0.15) is 0 Å². The van der Waals surface area contributed by atoms with Crippen LogP contribution in [0.4, 0.5) is 0 Å². The van der Waals surface area contributed by atoms with E-state index in [2.05, 4.69) is 26.0 Å². The summed E-state index contributed by atoms with van der Waals surface area (Å²) < 4.78 is 0. The third-order valence-corrected chi connectivity index (χ3v) is 2.99. The number of hydrogen-bond acceptors (Lipinski definition) is 0. The standard InChI is InChI=1S/C10H10/c1-5-7-3-4-8-6(2)10(8)9(5)7/h3-6H,1-2H3. The van der Waals surface area contributed by atoms with Gasteiger partial charge in [-0.3, -0.25) is 0 Å². The van der Waals surface area contributed by atoms with Crippen LogP contribution in [-0.2, 0) is 0 Å². The molecule has 0 saturated carbocycles. The molecule has 2 aliphatic carbocycles. The average Bonchev–Trinajstić information content (AvgIpc) is 2.76. The van der Waals surface area contributed by atoms with Crippen molar-refractivity contribution in [2.24, 2.45) is 0 Å². The molecule has 10 heavy (non-hydrogen) atoms. The molecule has 0 N–H and O–H groups in total. The molecule has 0 heterocycles. The van der Waals surface area contributed by atoms with Crippen LogP contribution in [0.25, 0.3) is 0 Å². The summed E-state index contributed by atoms with van der Waals surface area (Å²) in [5, 5.41) is 0. The predicted octanol–water partition coefficient (Wildman–Crippen LogP) is 2.62. The molecule has 1 aromatic rings. The number of benzene rings is 1. The molecule has 0 amide bonds. The lowest BCUT2D eigenvalue weighted by Crippen LogP contribution is -1.59. The summed E-state index contributed by atoms with van der Waals surface area (Å²) in [6.07, 6.45) is 0. The van der Waals surface area contributed by atoms with E-state index in [0.717, 1.165) is 11.8 Å². The monoisotopic (exact) mass is 130 g/mol. The topological polar surface area (TPSA) is 0 Å². The van der Waals surface area contributed by atoms with E-state index in [1.54, 1.807) is 22.3 Å². The molecular formula is C10H10.